The van der Waals surface area contributed by atoms with Crippen LogP contribution in [0.4, 0.5) is 0 Å². The lowest BCUT2D eigenvalue weighted by molar-refractivity contribution is 0.517. The summed E-state index contributed by atoms with van der Waals surface area (Å²) in [6, 6.07) is 0. The summed E-state index contributed by atoms with van der Waals surface area (Å²) >= 11 is 0. The van der Waals surface area contributed by atoms with E-state index in [1.54, 1.807) is 0 Å². The van der Waals surface area contributed by atoms with Gasteiger partial charge in [0.1, 0.15) is 0 Å². The molecule has 0 aliphatic heterocycles. The molecule has 0 atom stereocenters. The standard InChI is InChI=1S/C15H34N2O2S/c1-4-16-12-9-10-14-20(18,19)17-13-8-6-5-7-11-15(2)3/h15-17H,4-14H2,1-3H3. The molecule has 0 aliphatic carbocycles. The SMILES string of the molecule is CCNCCCCS(=O)(=O)NCCCCCCC(C)C. The van der Waals surface area contributed by atoms with Gasteiger partial charge in [0.15, 0.2) is 0 Å². The third-order valence-corrected chi connectivity index (χ3v) is 4.77. The van der Waals surface area contributed by atoms with Gasteiger partial charge in [0.05, 0.1) is 5.75 Å². The van der Waals surface area contributed by atoms with Crippen molar-refractivity contribution in [2.24, 2.45) is 5.92 Å². The summed E-state index contributed by atoms with van der Waals surface area (Å²) in [5.74, 6) is 1.03. The predicted octanol–water partition coefficient (Wildman–Crippen LogP) is 2.90. The first kappa shape index (κ1) is 19.9. The first-order valence-corrected chi connectivity index (χ1v) is 9.81. The van der Waals surface area contributed by atoms with Crippen LogP contribution in [0.1, 0.15) is 65.7 Å². The molecule has 0 amide bonds. The van der Waals surface area contributed by atoms with Gasteiger partial charge in [-0.1, -0.05) is 46.5 Å². The number of rotatable bonds is 14. The Bertz CT molecular complexity index is 303. The van der Waals surface area contributed by atoms with Crippen molar-refractivity contribution in [3.8, 4) is 0 Å². The summed E-state index contributed by atoms with van der Waals surface area (Å²) < 4.78 is 26.1. The van der Waals surface area contributed by atoms with Gasteiger partial charge in [-0.3, -0.25) is 0 Å². The molecule has 0 heterocycles. The molecule has 0 aromatic carbocycles. The Morgan fingerprint density at radius 3 is 2.20 bits per heavy atom. The van der Waals surface area contributed by atoms with Gasteiger partial charge in [-0.15, -0.1) is 0 Å². The second-order valence-electron chi connectivity index (χ2n) is 5.87. The van der Waals surface area contributed by atoms with Crippen LogP contribution in [-0.4, -0.2) is 33.8 Å². The van der Waals surface area contributed by atoms with Crippen LogP contribution in [0, 0.1) is 5.92 Å². The highest BCUT2D eigenvalue weighted by atomic mass is 32.2. The molecule has 0 spiro atoms. The van der Waals surface area contributed by atoms with Crippen LogP contribution < -0.4 is 10.0 Å². The molecule has 2 N–H and O–H groups in total. The quantitative estimate of drug-likeness (QED) is 0.485. The number of unbranched alkanes of at least 4 members (excludes halogenated alkanes) is 4. The van der Waals surface area contributed by atoms with Crippen molar-refractivity contribution < 1.29 is 8.42 Å². The third-order valence-electron chi connectivity index (χ3n) is 3.30. The Labute approximate surface area is 126 Å². The van der Waals surface area contributed by atoms with E-state index in [1.165, 1.54) is 19.3 Å². The van der Waals surface area contributed by atoms with Gasteiger partial charge in [-0.05, 0) is 38.3 Å². The Kier molecular flexibility index (Phi) is 12.5. The minimum absolute atomic E-state index is 0.256. The lowest BCUT2D eigenvalue weighted by Gasteiger charge is -2.07. The van der Waals surface area contributed by atoms with E-state index in [1.807, 2.05) is 0 Å². The molecular formula is C15H34N2O2S. The van der Waals surface area contributed by atoms with Crippen molar-refractivity contribution in [2.75, 3.05) is 25.4 Å². The van der Waals surface area contributed by atoms with Gasteiger partial charge in [-0.2, -0.15) is 0 Å². The van der Waals surface area contributed by atoms with Crippen molar-refractivity contribution in [3.05, 3.63) is 0 Å². The Hall–Kier alpha value is -0.130. The second kappa shape index (κ2) is 12.6. The zero-order valence-corrected chi connectivity index (χ0v) is 14.4. The van der Waals surface area contributed by atoms with E-state index < -0.39 is 10.0 Å². The molecule has 20 heavy (non-hydrogen) atoms. The number of hydrogen-bond donors (Lipinski definition) is 2. The number of hydrogen-bond acceptors (Lipinski definition) is 3. The molecule has 0 aliphatic rings. The van der Waals surface area contributed by atoms with Crippen molar-refractivity contribution in [1.29, 1.82) is 0 Å². The molecular weight excluding hydrogens is 272 g/mol. The van der Waals surface area contributed by atoms with E-state index in [2.05, 4.69) is 30.8 Å². The lowest BCUT2D eigenvalue weighted by Crippen LogP contribution is -2.27. The zero-order valence-electron chi connectivity index (χ0n) is 13.6. The van der Waals surface area contributed by atoms with E-state index in [0.29, 0.717) is 6.54 Å². The van der Waals surface area contributed by atoms with Gasteiger partial charge in [0.25, 0.3) is 0 Å². The molecule has 122 valence electrons. The van der Waals surface area contributed by atoms with E-state index in [4.69, 9.17) is 0 Å². The fourth-order valence-electron chi connectivity index (χ4n) is 2.05. The summed E-state index contributed by atoms with van der Waals surface area (Å²) in [5.41, 5.74) is 0. The van der Waals surface area contributed by atoms with Crippen molar-refractivity contribution in [2.45, 2.75) is 65.7 Å². The highest BCUT2D eigenvalue weighted by Crippen LogP contribution is 2.09. The number of nitrogens with one attached hydrogen (secondary N) is 2. The molecule has 0 unspecified atom stereocenters. The molecule has 5 heteroatoms. The van der Waals surface area contributed by atoms with Crippen LogP contribution in [0.15, 0.2) is 0 Å². The third kappa shape index (κ3) is 14.3. The van der Waals surface area contributed by atoms with Crippen LogP contribution in [0.25, 0.3) is 0 Å². The molecule has 0 saturated carbocycles. The van der Waals surface area contributed by atoms with Crippen LogP contribution >= 0.6 is 0 Å². The molecule has 0 radical (unpaired) electrons. The summed E-state index contributed by atoms with van der Waals surface area (Å²) in [6.07, 6.45) is 7.47. The topological polar surface area (TPSA) is 58.2 Å². The van der Waals surface area contributed by atoms with E-state index in [0.717, 1.165) is 44.7 Å². The van der Waals surface area contributed by atoms with Gasteiger partial charge in [0, 0.05) is 6.54 Å². The second-order valence-corrected chi connectivity index (χ2v) is 7.80. The molecule has 0 aromatic rings. The van der Waals surface area contributed by atoms with Crippen LogP contribution in [-0.2, 0) is 10.0 Å². The van der Waals surface area contributed by atoms with Crippen LogP contribution in [0.2, 0.25) is 0 Å². The van der Waals surface area contributed by atoms with Gasteiger partial charge < -0.3 is 5.32 Å². The predicted molar refractivity (Wildman–Crippen MR) is 87.5 cm³/mol. The Morgan fingerprint density at radius 2 is 1.55 bits per heavy atom. The van der Waals surface area contributed by atoms with E-state index in [9.17, 15) is 8.42 Å². The number of sulfonamides is 1. The van der Waals surface area contributed by atoms with Crippen molar-refractivity contribution >= 4 is 10.0 Å². The maximum Gasteiger partial charge on any atom is 0.211 e. The molecule has 0 fully saturated rings. The average Bonchev–Trinajstić information content (AvgIpc) is 2.37. The van der Waals surface area contributed by atoms with Crippen molar-refractivity contribution in [3.63, 3.8) is 0 Å². The maximum atomic E-state index is 11.7. The summed E-state index contributed by atoms with van der Waals surface area (Å²) in [4.78, 5) is 0. The monoisotopic (exact) mass is 306 g/mol. The molecule has 0 bridgehead atoms. The zero-order chi connectivity index (χ0) is 15.3. The first-order chi connectivity index (χ1) is 9.48. The molecule has 4 nitrogen and oxygen atoms in total. The first-order valence-electron chi connectivity index (χ1n) is 8.16. The van der Waals surface area contributed by atoms with Gasteiger partial charge in [-0.25, -0.2) is 13.1 Å². The summed E-state index contributed by atoms with van der Waals surface area (Å²) in [5, 5.41) is 3.20. The van der Waals surface area contributed by atoms with E-state index >= 15 is 0 Å². The largest absolute Gasteiger partial charge is 0.317 e. The average molecular weight is 307 g/mol. The smallest absolute Gasteiger partial charge is 0.211 e. The molecule has 0 saturated heterocycles. The Balaban J connectivity index is 3.43. The fraction of sp³-hybridized carbons (Fsp3) is 1.00. The minimum atomic E-state index is -3.05. The fourth-order valence-corrected chi connectivity index (χ4v) is 3.23. The molecule has 0 rings (SSSR count). The van der Waals surface area contributed by atoms with Gasteiger partial charge in [0.2, 0.25) is 10.0 Å². The maximum absolute atomic E-state index is 11.7. The van der Waals surface area contributed by atoms with Gasteiger partial charge >= 0.3 is 0 Å². The minimum Gasteiger partial charge on any atom is -0.317 e. The summed E-state index contributed by atoms with van der Waals surface area (Å²) in [6.45, 7) is 8.98. The van der Waals surface area contributed by atoms with Crippen molar-refractivity contribution in [1.82, 2.24) is 10.0 Å². The Morgan fingerprint density at radius 1 is 0.900 bits per heavy atom. The highest BCUT2D eigenvalue weighted by molar-refractivity contribution is 7.89. The lowest BCUT2D eigenvalue weighted by atomic mass is 10.0. The molecule has 0 aromatic heterocycles. The normalized spacial score (nSPS) is 12.2. The van der Waals surface area contributed by atoms with Crippen LogP contribution in [0.3, 0.4) is 0 Å². The van der Waals surface area contributed by atoms with E-state index in [-0.39, 0.29) is 5.75 Å². The van der Waals surface area contributed by atoms with Crippen LogP contribution in [0.5, 0.6) is 0 Å². The highest BCUT2D eigenvalue weighted by Gasteiger charge is 2.08. The summed E-state index contributed by atoms with van der Waals surface area (Å²) in [7, 11) is -3.05.